The van der Waals surface area contributed by atoms with Gasteiger partial charge in [-0.2, -0.15) is 18.3 Å². The normalized spacial score (nSPS) is 35.4. The Bertz CT molecular complexity index is 846. The molecule has 5 nitrogen and oxygen atoms in total. The second-order valence-corrected chi connectivity index (χ2v) is 11.2. The van der Waals surface area contributed by atoms with E-state index in [0.29, 0.717) is 36.4 Å². The Morgan fingerprint density at radius 1 is 1.13 bits per heavy atom. The lowest BCUT2D eigenvalue weighted by molar-refractivity contribution is -0.175. The van der Waals surface area contributed by atoms with Gasteiger partial charge in [0.2, 0.25) is 5.91 Å². The fourth-order valence-corrected chi connectivity index (χ4v) is 6.13. The van der Waals surface area contributed by atoms with Crippen molar-refractivity contribution < 1.29 is 18.0 Å². The predicted molar refractivity (Wildman–Crippen MR) is 112 cm³/mol. The van der Waals surface area contributed by atoms with Gasteiger partial charge in [-0.25, -0.2) is 4.68 Å². The minimum Gasteiger partial charge on any atom is -0.367 e. The Morgan fingerprint density at radius 3 is 2.42 bits per heavy atom. The lowest BCUT2D eigenvalue weighted by Gasteiger charge is -2.39. The van der Waals surface area contributed by atoms with Crippen LogP contribution in [0.25, 0.3) is 0 Å². The molecule has 0 aromatic carbocycles. The predicted octanol–water partition coefficient (Wildman–Crippen LogP) is 4.97. The number of nitrogens with one attached hydrogen (secondary N) is 1. The molecule has 1 unspecified atom stereocenters. The molecule has 31 heavy (non-hydrogen) atoms. The highest BCUT2D eigenvalue weighted by Crippen LogP contribution is 2.56. The van der Waals surface area contributed by atoms with E-state index in [9.17, 15) is 18.0 Å². The van der Waals surface area contributed by atoms with Crippen molar-refractivity contribution in [2.24, 2.45) is 23.2 Å². The molecule has 0 bridgehead atoms. The standard InChI is InChI=1S/C23H33F3N4O/c1-22(2,3)17-11-18(23(24,25)26)30-19(27-17)10-16(28-30)13-8-9-29(12-13)21(31)20-14-6-4-5-7-15(14)20/h10,13-15,17-18,20,27H,4-9,11-12H2,1-3H3/t13-,14-,15+,17-,18+,20?/m0/s1. The molecule has 3 fully saturated rings. The van der Waals surface area contributed by atoms with E-state index in [-0.39, 0.29) is 35.6 Å². The zero-order valence-corrected chi connectivity index (χ0v) is 18.6. The number of likely N-dealkylation sites (tertiary alicyclic amines) is 1. The largest absolute Gasteiger partial charge is 0.410 e. The van der Waals surface area contributed by atoms with Crippen LogP contribution in [-0.2, 0) is 4.79 Å². The minimum absolute atomic E-state index is 0.00611. The summed E-state index contributed by atoms with van der Waals surface area (Å²) >= 11 is 0. The third-order valence-electron chi connectivity index (χ3n) is 8.11. The number of fused-ring (bicyclic) bond motifs is 2. The topological polar surface area (TPSA) is 50.2 Å². The summed E-state index contributed by atoms with van der Waals surface area (Å²) in [6.07, 6.45) is 1.21. The molecule has 0 spiro atoms. The van der Waals surface area contributed by atoms with Gasteiger partial charge in [0.15, 0.2) is 6.04 Å². The van der Waals surface area contributed by atoms with E-state index in [1.807, 2.05) is 25.7 Å². The maximum absolute atomic E-state index is 13.8. The lowest BCUT2D eigenvalue weighted by atomic mass is 9.82. The summed E-state index contributed by atoms with van der Waals surface area (Å²) in [4.78, 5) is 15.0. The summed E-state index contributed by atoms with van der Waals surface area (Å²) in [5.41, 5.74) is 0.381. The van der Waals surface area contributed by atoms with E-state index >= 15 is 0 Å². The maximum Gasteiger partial charge on any atom is 0.410 e. The molecule has 2 aliphatic heterocycles. The highest BCUT2D eigenvalue weighted by atomic mass is 19.4. The van der Waals surface area contributed by atoms with Crippen LogP contribution in [0.3, 0.4) is 0 Å². The molecule has 3 heterocycles. The number of anilines is 1. The first-order valence-electron chi connectivity index (χ1n) is 11.8. The molecule has 1 aromatic heterocycles. The van der Waals surface area contributed by atoms with Crippen molar-refractivity contribution in [3.63, 3.8) is 0 Å². The van der Waals surface area contributed by atoms with E-state index in [2.05, 4.69) is 10.4 Å². The summed E-state index contributed by atoms with van der Waals surface area (Å²) in [6.45, 7) is 7.13. The number of rotatable bonds is 2. The number of carbonyl (C=O) groups excluding carboxylic acids is 1. The van der Waals surface area contributed by atoms with Crippen LogP contribution in [0.1, 0.15) is 76.9 Å². The molecule has 0 radical (unpaired) electrons. The van der Waals surface area contributed by atoms with Gasteiger partial charge in [0.25, 0.3) is 0 Å². The van der Waals surface area contributed by atoms with Crippen molar-refractivity contribution in [1.82, 2.24) is 14.7 Å². The summed E-state index contributed by atoms with van der Waals surface area (Å²) in [5.74, 6) is 2.06. The molecule has 6 atom stereocenters. The smallest absolute Gasteiger partial charge is 0.367 e. The van der Waals surface area contributed by atoms with Gasteiger partial charge in [-0.1, -0.05) is 33.6 Å². The first-order chi connectivity index (χ1) is 14.5. The highest BCUT2D eigenvalue weighted by Gasteiger charge is 2.56. The molecule has 2 saturated carbocycles. The molecular weight excluding hydrogens is 405 g/mol. The van der Waals surface area contributed by atoms with Crippen molar-refractivity contribution in [3.05, 3.63) is 11.8 Å². The average Bonchev–Trinajstić information content (AvgIpc) is 3.02. The van der Waals surface area contributed by atoms with Crippen molar-refractivity contribution in [3.8, 4) is 0 Å². The average molecular weight is 439 g/mol. The number of amides is 1. The van der Waals surface area contributed by atoms with Gasteiger partial charge in [-0.05, 0) is 42.9 Å². The van der Waals surface area contributed by atoms with E-state index in [1.54, 1.807) is 6.07 Å². The van der Waals surface area contributed by atoms with Crippen LogP contribution in [0.4, 0.5) is 19.0 Å². The Morgan fingerprint density at radius 2 is 1.81 bits per heavy atom. The molecule has 1 saturated heterocycles. The molecule has 5 rings (SSSR count). The van der Waals surface area contributed by atoms with Gasteiger partial charge in [-0.15, -0.1) is 0 Å². The number of aromatic nitrogens is 2. The quantitative estimate of drug-likeness (QED) is 0.709. The number of hydrogen-bond acceptors (Lipinski definition) is 3. The van der Waals surface area contributed by atoms with Gasteiger partial charge in [0.1, 0.15) is 5.82 Å². The van der Waals surface area contributed by atoms with Crippen LogP contribution in [0.5, 0.6) is 0 Å². The number of nitrogens with zero attached hydrogens (tertiary/aromatic N) is 3. The van der Waals surface area contributed by atoms with Crippen molar-refractivity contribution in [2.75, 3.05) is 18.4 Å². The highest BCUT2D eigenvalue weighted by molar-refractivity contribution is 5.82. The zero-order valence-electron chi connectivity index (χ0n) is 18.6. The zero-order chi connectivity index (χ0) is 22.1. The Labute approximate surface area is 181 Å². The Hall–Kier alpha value is -1.73. The molecule has 172 valence electrons. The van der Waals surface area contributed by atoms with Crippen LogP contribution in [-0.4, -0.2) is 45.9 Å². The molecule has 2 aliphatic carbocycles. The van der Waals surface area contributed by atoms with Gasteiger partial charge in [-0.3, -0.25) is 4.79 Å². The van der Waals surface area contributed by atoms with Crippen LogP contribution < -0.4 is 5.32 Å². The van der Waals surface area contributed by atoms with Gasteiger partial charge in [0.05, 0.1) is 5.69 Å². The SMILES string of the molecule is CC(C)(C)[C@@H]1C[C@H](C(F)(F)F)n2nc([C@H]3CCN(C(=O)C4[C@H]5CCCC[C@@H]45)C3)cc2N1. The number of carbonyl (C=O) groups is 1. The van der Waals surface area contributed by atoms with Crippen molar-refractivity contribution >= 4 is 11.7 Å². The van der Waals surface area contributed by atoms with Crippen LogP contribution in [0.15, 0.2) is 6.07 Å². The summed E-state index contributed by atoms with van der Waals surface area (Å²) in [7, 11) is 0. The second-order valence-electron chi connectivity index (χ2n) is 11.2. The van der Waals surface area contributed by atoms with E-state index < -0.39 is 12.2 Å². The number of halogens is 3. The fraction of sp³-hybridized carbons (Fsp3) is 0.826. The summed E-state index contributed by atoms with van der Waals surface area (Å²) in [6, 6.07) is -0.113. The van der Waals surface area contributed by atoms with Gasteiger partial charge < -0.3 is 10.2 Å². The first kappa shape index (κ1) is 21.1. The summed E-state index contributed by atoms with van der Waals surface area (Å²) < 4.78 is 42.6. The third-order valence-corrected chi connectivity index (χ3v) is 8.11. The van der Waals surface area contributed by atoms with Crippen LogP contribution in [0, 0.1) is 23.2 Å². The van der Waals surface area contributed by atoms with Crippen LogP contribution >= 0.6 is 0 Å². The molecule has 1 amide bonds. The van der Waals surface area contributed by atoms with Crippen LogP contribution in [0.2, 0.25) is 0 Å². The molecule has 8 heteroatoms. The molecule has 4 aliphatic rings. The monoisotopic (exact) mass is 438 g/mol. The number of alkyl halides is 3. The van der Waals surface area contributed by atoms with E-state index in [0.717, 1.165) is 11.1 Å². The molecule has 1 aromatic rings. The van der Waals surface area contributed by atoms with Gasteiger partial charge in [0, 0.05) is 37.0 Å². The first-order valence-corrected chi connectivity index (χ1v) is 11.8. The second kappa shape index (κ2) is 7.14. The lowest BCUT2D eigenvalue weighted by Crippen LogP contribution is -2.44. The number of hydrogen-bond donors (Lipinski definition) is 1. The third kappa shape index (κ3) is 3.74. The van der Waals surface area contributed by atoms with Gasteiger partial charge >= 0.3 is 6.18 Å². The van der Waals surface area contributed by atoms with E-state index in [4.69, 9.17) is 0 Å². The van der Waals surface area contributed by atoms with Crippen molar-refractivity contribution in [2.45, 2.75) is 83.5 Å². The molecule has 1 N–H and O–H groups in total. The van der Waals surface area contributed by atoms with Crippen molar-refractivity contribution in [1.29, 1.82) is 0 Å². The maximum atomic E-state index is 13.8. The Kier molecular flexibility index (Phi) is 4.87. The Balaban J connectivity index is 1.32. The fourth-order valence-electron chi connectivity index (χ4n) is 6.13. The van der Waals surface area contributed by atoms with E-state index in [1.165, 1.54) is 25.7 Å². The minimum atomic E-state index is -4.34. The summed E-state index contributed by atoms with van der Waals surface area (Å²) in [5, 5.41) is 7.72. The molecular formula is C23H33F3N4O.